The van der Waals surface area contributed by atoms with E-state index >= 15 is 0 Å². The first-order chi connectivity index (χ1) is 7.24. The summed E-state index contributed by atoms with van der Waals surface area (Å²) in [5, 5.41) is 6.07. The maximum Gasteiger partial charge on any atom is 0.212 e. The van der Waals surface area contributed by atoms with E-state index < -0.39 is 0 Å². The Kier molecular flexibility index (Phi) is 2.73. The lowest BCUT2D eigenvalue weighted by molar-refractivity contribution is 0.788. The summed E-state index contributed by atoms with van der Waals surface area (Å²) in [6.07, 6.45) is 3.57. The van der Waals surface area contributed by atoms with E-state index in [1.165, 1.54) is 17.0 Å². The number of aromatic nitrogens is 3. The molecule has 4 nitrogen and oxygen atoms in total. The summed E-state index contributed by atoms with van der Waals surface area (Å²) in [5.74, 6) is 0. The first-order valence-corrected chi connectivity index (χ1v) is 5.85. The predicted molar refractivity (Wildman–Crippen MR) is 62.4 cm³/mol. The summed E-state index contributed by atoms with van der Waals surface area (Å²) in [6, 6.07) is 2.12. The molecule has 0 bridgehead atoms. The highest BCUT2D eigenvalue weighted by atomic mass is 32.1. The Balaban J connectivity index is 2.46. The van der Waals surface area contributed by atoms with Crippen molar-refractivity contribution in [2.24, 2.45) is 0 Å². The van der Waals surface area contributed by atoms with Crippen molar-refractivity contribution in [2.45, 2.75) is 26.7 Å². The van der Waals surface area contributed by atoms with Crippen LogP contribution in [0.3, 0.4) is 0 Å². The number of anilines is 1. The molecule has 0 aliphatic carbocycles. The van der Waals surface area contributed by atoms with Crippen LogP contribution in [0.5, 0.6) is 0 Å². The van der Waals surface area contributed by atoms with Crippen LogP contribution in [0.15, 0.2) is 12.3 Å². The number of aryl methyl sites for hydroxylation is 2. The number of nitrogens with two attached hydrogens (primary N) is 1. The summed E-state index contributed by atoms with van der Waals surface area (Å²) < 4.78 is 1.89. The second-order valence-corrected chi connectivity index (χ2v) is 4.33. The molecule has 5 heteroatoms. The van der Waals surface area contributed by atoms with Crippen LogP contribution in [0.1, 0.15) is 25.2 Å². The second-order valence-electron chi connectivity index (χ2n) is 3.29. The van der Waals surface area contributed by atoms with Crippen molar-refractivity contribution in [1.82, 2.24) is 14.8 Å². The van der Waals surface area contributed by atoms with Crippen LogP contribution in [-0.2, 0) is 12.8 Å². The van der Waals surface area contributed by atoms with Crippen molar-refractivity contribution in [3.8, 4) is 5.13 Å². The van der Waals surface area contributed by atoms with Crippen molar-refractivity contribution >= 4 is 16.3 Å². The fraction of sp³-hybridized carbons (Fsp3) is 0.400. The molecule has 2 heterocycles. The third-order valence-electron chi connectivity index (χ3n) is 2.25. The molecule has 0 radical (unpaired) electrons. The lowest BCUT2D eigenvalue weighted by Gasteiger charge is -1.99. The number of nitrogen functional groups attached to an aromatic ring is 1. The van der Waals surface area contributed by atoms with Crippen molar-refractivity contribution < 1.29 is 0 Å². The summed E-state index contributed by atoms with van der Waals surface area (Å²) in [7, 11) is 0. The smallest absolute Gasteiger partial charge is 0.212 e. The average molecular weight is 222 g/mol. The molecule has 0 saturated carbocycles. The number of nitrogens with zero attached hydrogens (tertiary/aromatic N) is 3. The van der Waals surface area contributed by atoms with Gasteiger partial charge in [-0.15, -0.1) is 0 Å². The minimum Gasteiger partial charge on any atom is -0.389 e. The maximum atomic E-state index is 5.66. The minimum atomic E-state index is 0.723. The largest absolute Gasteiger partial charge is 0.389 e. The van der Waals surface area contributed by atoms with E-state index in [2.05, 4.69) is 30.0 Å². The van der Waals surface area contributed by atoms with Crippen LogP contribution in [0, 0.1) is 0 Å². The molecule has 0 aliphatic rings. The van der Waals surface area contributed by atoms with E-state index in [4.69, 9.17) is 5.73 Å². The molecule has 0 aromatic carbocycles. The van der Waals surface area contributed by atoms with E-state index in [1.807, 2.05) is 4.68 Å². The van der Waals surface area contributed by atoms with Gasteiger partial charge in [-0.25, -0.2) is 9.67 Å². The standard InChI is InChI=1S/C10H14N4S/c1-3-7-5-8(4-2)14(13-7)10-12-6-9(11)15-10/h5-6H,3-4,11H2,1-2H3. The van der Waals surface area contributed by atoms with Crippen LogP contribution < -0.4 is 5.73 Å². The molecule has 2 rings (SSSR count). The van der Waals surface area contributed by atoms with Gasteiger partial charge in [0.1, 0.15) is 5.00 Å². The van der Waals surface area contributed by atoms with Crippen molar-refractivity contribution in [1.29, 1.82) is 0 Å². The summed E-state index contributed by atoms with van der Waals surface area (Å²) in [5.41, 5.74) is 7.94. The van der Waals surface area contributed by atoms with Gasteiger partial charge in [-0.1, -0.05) is 25.2 Å². The molecular formula is C10H14N4S. The van der Waals surface area contributed by atoms with Crippen LogP contribution in [0.25, 0.3) is 5.13 Å². The van der Waals surface area contributed by atoms with Crippen molar-refractivity contribution in [2.75, 3.05) is 5.73 Å². The minimum absolute atomic E-state index is 0.723. The summed E-state index contributed by atoms with van der Waals surface area (Å²) >= 11 is 1.46. The molecule has 0 atom stereocenters. The fourth-order valence-corrected chi connectivity index (χ4v) is 2.11. The highest BCUT2D eigenvalue weighted by Crippen LogP contribution is 2.21. The van der Waals surface area contributed by atoms with E-state index in [0.717, 1.165) is 28.7 Å². The molecule has 0 unspecified atom stereocenters. The monoisotopic (exact) mass is 222 g/mol. The van der Waals surface area contributed by atoms with Gasteiger partial charge in [0, 0.05) is 5.69 Å². The molecule has 0 fully saturated rings. The third kappa shape index (κ3) is 1.87. The van der Waals surface area contributed by atoms with E-state index in [1.54, 1.807) is 6.20 Å². The Bertz CT molecular complexity index is 458. The van der Waals surface area contributed by atoms with Gasteiger partial charge in [-0.3, -0.25) is 0 Å². The van der Waals surface area contributed by atoms with Gasteiger partial charge < -0.3 is 5.73 Å². The Morgan fingerprint density at radius 3 is 2.73 bits per heavy atom. The van der Waals surface area contributed by atoms with Crippen LogP contribution in [-0.4, -0.2) is 14.8 Å². The topological polar surface area (TPSA) is 56.7 Å². The second kappa shape index (κ2) is 4.02. The number of hydrogen-bond donors (Lipinski definition) is 1. The van der Waals surface area contributed by atoms with Gasteiger partial charge in [0.25, 0.3) is 0 Å². The summed E-state index contributed by atoms with van der Waals surface area (Å²) in [4.78, 5) is 4.24. The zero-order valence-electron chi connectivity index (χ0n) is 8.90. The first-order valence-electron chi connectivity index (χ1n) is 5.04. The molecular weight excluding hydrogens is 208 g/mol. The Labute approximate surface area is 92.8 Å². The number of rotatable bonds is 3. The lowest BCUT2D eigenvalue weighted by Crippen LogP contribution is -2.00. The van der Waals surface area contributed by atoms with Crippen LogP contribution >= 0.6 is 11.3 Å². The van der Waals surface area contributed by atoms with E-state index in [-0.39, 0.29) is 0 Å². The van der Waals surface area contributed by atoms with Gasteiger partial charge >= 0.3 is 0 Å². The van der Waals surface area contributed by atoms with Crippen LogP contribution in [0.2, 0.25) is 0 Å². The van der Waals surface area contributed by atoms with E-state index in [0.29, 0.717) is 0 Å². The highest BCUT2D eigenvalue weighted by Gasteiger charge is 2.09. The number of thiazole rings is 1. The SMILES string of the molecule is CCc1cc(CC)n(-c2ncc(N)s2)n1. The molecule has 15 heavy (non-hydrogen) atoms. The fourth-order valence-electron chi connectivity index (χ4n) is 1.44. The molecule has 0 aliphatic heterocycles. The Morgan fingerprint density at radius 2 is 2.20 bits per heavy atom. The molecule has 2 aromatic rings. The third-order valence-corrected chi connectivity index (χ3v) is 3.05. The quantitative estimate of drug-likeness (QED) is 0.864. The van der Waals surface area contributed by atoms with Gasteiger partial charge in [-0.2, -0.15) is 5.10 Å². The highest BCUT2D eigenvalue weighted by molar-refractivity contribution is 7.17. The maximum absolute atomic E-state index is 5.66. The summed E-state index contributed by atoms with van der Waals surface area (Å²) in [6.45, 7) is 4.21. The molecule has 2 aromatic heterocycles. The van der Waals surface area contributed by atoms with Gasteiger partial charge in [-0.05, 0) is 18.9 Å². The first kappa shape index (κ1) is 10.2. The molecule has 0 saturated heterocycles. The average Bonchev–Trinajstić information content (AvgIpc) is 2.82. The normalized spacial score (nSPS) is 10.8. The van der Waals surface area contributed by atoms with Gasteiger partial charge in [0.05, 0.1) is 11.9 Å². The van der Waals surface area contributed by atoms with Gasteiger partial charge in [0.2, 0.25) is 5.13 Å². The van der Waals surface area contributed by atoms with E-state index in [9.17, 15) is 0 Å². The number of hydrogen-bond acceptors (Lipinski definition) is 4. The molecule has 2 N–H and O–H groups in total. The molecule has 0 amide bonds. The Morgan fingerprint density at radius 1 is 1.40 bits per heavy atom. The molecule has 80 valence electrons. The predicted octanol–water partition coefficient (Wildman–Crippen LogP) is 2.04. The zero-order chi connectivity index (χ0) is 10.8. The van der Waals surface area contributed by atoms with Crippen LogP contribution in [0.4, 0.5) is 5.00 Å². The molecule has 0 spiro atoms. The lowest BCUT2D eigenvalue weighted by atomic mass is 10.3. The van der Waals surface area contributed by atoms with Crippen molar-refractivity contribution in [3.05, 3.63) is 23.7 Å². The van der Waals surface area contributed by atoms with Gasteiger partial charge in [0.15, 0.2) is 0 Å². The zero-order valence-corrected chi connectivity index (χ0v) is 9.71. The van der Waals surface area contributed by atoms with Crippen molar-refractivity contribution in [3.63, 3.8) is 0 Å². The Hall–Kier alpha value is -1.36.